The van der Waals surface area contributed by atoms with Crippen LogP contribution in [-0.2, 0) is 10.0 Å². The molecule has 0 bridgehead atoms. The van der Waals surface area contributed by atoms with Gasteiger partial charge in [0.15, 0.2) is 0 Å². The number of aromatic nitrogens is 1. The van der Waals surface area contributed by atoms with E-state index in [4.69, 9.17) is 5.73 Å². The van der Waals surface area contributed by atoms with E-state index in [9.17, 15) is 8.42 Å². The molecule has 1 unspecified atom stereocenters. The molecule has 4 N–H and O–H groups in total. The van der Waals surface area contributed by atoms with E-state index in [0.717, 1.165) is 11.4 Å². The lowest BCUT2D eigenvalue weighted by molar-refractivity contribution is 0.588. The number of sulfonamides is 1. The second kappa shape index (κ2) is 6.11. The second-order valence-electron chi connectivity index (χ2n) is 4.58. The summed E-state index contributed by atoms with van der Waals surface area (Å²) in [4.78, 5) is 4.34. The van der Waals surface area contributed by atoms with Gasteiger partial charge >= 0.3 is 0 Å². The van der Waals surface area contributed by atoms with Crippen LogP contribution in [0.1, 0.15) is 18.7 Å². The monoisotopic (exact) mass is 306 g/mol. The van der Waals surface area contributed by atoms with E-state index in [1.165, 1.54) is 13.1 Å². The van der Waals surface area contributed by atoms with E-state index in [1.54, 1.807) is 18.3 Å². The molecule has 0 fully saturated rings. The molecule has 0 aliphatic heterocycles. The van der Waals surface area contributed by atoms with Crippen molar-refractivity contribution >= 4 is 21.4 Å². The highest BCUT2D eigenvalue weighted by atomic mass is 32.2. The molecule has 0 radical (unpaired) electrons. The van der Waals surface area contributed by atoms with E-state index >= 15 is 0 Å². The Kier molecular flexibility index (Phi) is 4.44. The maximum absolute atomic E-state index is 11.8. The number of hydrogen-bond donors (Lipinski definition) is 3. The van der Waals surface area contributed by atoms with Crippen molar-refractivity contribution in [3.63, 3.8) is 0 Å². The van der Waals surface area contributed by atoms with Crippen LogP contribution in [0.25, 0.3) is 0 Å². The molecular formula is C14H18N4O2S. The lowest BCUT2D eigenvalue weighted by Crippen LogP contribution is -2.20. The van der Waals surface area contributed by atoms with Gasteiger partial charge in [0.25, 0.3) is 0 Å². The first kappa shape index (κ1) is 15.3. The Bertz CT molecular complexity index is 717. The molecule has 21 heavy (non-hydrogen) atoms. The van der Waals surface area contributed by atoms with E-state index < -0.39 is 10.0 Å². The fourth-order valence-electron chi connectivity index (χ4n) is 1.95. The molecule has 1 atom stereocenters. The van der Waals surface area contributed by atoms with Crippen LogP contribution < -0.4 is 15.8 Å². The highest BCUT2D eigenvalue weighted by molar-refractivity contribution is 7.89. The van der Waals surface area contributed by atoms with E-state index in [1.807, 2.05) is 25.1 Å². The zero-order chi connectivity index (χ0) is 15.5. The van der Waals surface area contributed by atoms with Gasteiger partial charge in [-0.25, -0.2) is 13.1 Å². The van der Waals surface area contributed by atoms with E-state index in [0.29, 0.717) is 0 Å². The molecule has 0 aliphatic rings. The summed E-state index contributed by atoms with van der Waals surface area (Å²) in [5, 5.41) is 3.24. The Morgan fingerprint density at radius 2 is 2.00 bits per heavy atom. The zero-order valence-electron chi connectivity index (χ0n) is 11.9. The van der Waals surface area contributed by atoms with Crippen molar-refractivity contribution < 1.29 is 8.42 Å². The Hall–Kier alpha value is -2.12. The lowest BCUT2D eigenvalue weighted by Gasteiger charge is -2.16. The molecule has 6 nitrogen and oxygen atoms in total. The zero-order valence-corrected chi connectivity index (χ0v) is 12.7. The fraction of sp³-hybridized carbons (Fsp3) is 0.214. The minimum atomic E-state index is -3.54. The van der Waals surface area contributed by atoms with Crippen LogP contribution in [0, 0.1) is 0 Å². The molecule has 1 aromatic carbocycles. The largest absolute Gasteiger partial charge is 0.398 e. The standard InChI is InChI=1S/C14H18N4O2S/c1-10(13-5-3-4-8-17-13)18-11-6-7-14(12(15)9-11)21(19,20)16-2/h3-10,16,18H,15H2,1-2H3. The molecule has 1 heterocycles. The lowest BCUT2D eigenvalue weighted by atomic mass is 10.2. The minimum absolute atomic E-state index is 0.0163. The van der Waals surface area contributed by atoms with Crippen LogP contribution in [0.4, 0.5) is 11.4 Å². The SMILES string of the molecule is CNS(=O)(=O)c1ccc(NC(C)c2ccccn2)cc1N. The van der Waals surface area contributed by atoms with Crippen molar-refractivity contribution in [3.8, 4) is 0 Å². The summed E-state index contributed by atoms with van der Waals surface area (Å²) in [6, 6.07) is 10.4. The van der Waals surface area contributed by atoms with Gasteiger partial charge in [0.1, 0.15) is 4.90 Å². The molecule has 2 aromatic rings. The van der Waals surface area contributed by atoms with E-state index in [2.05, 4.69) is 15.0 Å². The molecule has 112 valence electrons. The summed E-state index contributed by atoms with van der Waals surface area (Å²) in [5.74, 6) is 0. The van der Waals surface area contributed by atoms with Crippen LogP contribution in [0.5, 0.6) is 0 Å². The first-order chi connectivity index (χ1) is 9.94. The molecule has 0 spiro atoms. The van der Waals surface area contributed by atoms with Crippen LogP contribution >= 0.6 is 0 Å². The summed E-state index contributed by atoms with van der Waals surface area (Å²) in [7, 11) is -2.19. The van der Waals surface area contributed by atoms with Gasteiger partial charge in [0.2, 0.25) is 10.0 Å². The number of benzene rings is 1. The van der Waals surface area contributed by atoms with Gasteiger partial charge in [0, 0.05) is 11.9 Å². The van der Waals surface area contributed by atoms with Gasteiger partial charge in [-0.15, -0.1) is 0 Å². The molecule has 0 aliphatic carbocycles. The average molecular weight is 306 g/mol. The number of hydrogen-bond acceptors (Lipinski definition) is 5. The Labute approximate surface area is 124 Å². The molecule has 0 saturated heterocycles. The predicted octanol–water partition coefficient (Wildman–Crippen LogP) is 1.74. The molecule has 7 heteroatoms. The third kappa shape index (κ3) is 3.50. The normalized spacial score (nSPS) is 12.9. The second-order valence-corrected chi connectivity index (χ2v) is 6.44. The highest BCUT2D eigenvalue weighted by Crippen LogP contribution is 2.24. The summed E-state index contributed by atoms with van der Waals surface area (Å²) in [6.45, 7) is 1.97. The number of rotatable bonds is 5. The van der Waals surface area contributed by atoms with Crippen LogP contribution in [-0.4, -0.2) is 20.4 Å². The first-order valence-electron chi connectivity index (χ1n) is 6.44. The number of nitrogens with zero attached hydrogens (tertiary/aromatic N) is 1. The van der Waals surface area contributed by atoms with Crippen molar-refractivity contribution in [1.82, 2.24) is 9.71 Å². The highest BCUT2D eigenvalue weighted by Gasteiger charge is 2.16. The number of anilines is 2. The quantitative estimate of drug-likeness (QED) is 0.731. The maximum atomic E-state index is 11.8. The third-order valence-corrected chi connectivity index (χ3v) is 4.57. The van der Waals surface area contributed by atoms with Crippen molar-refractivity contribution in [2.24, 2.45) is 0 Å². The predicted molar refractivity (Wildman–Crippen MR) is 83.4 cm³/mol. The number of pyridine rings is 1. The molecule has 2 rings (SSSR count). The van der Waals surface area contributed by atoms with Gasteiger partial charge in [0.05, 0.1) is 17.4 Å². The minimum Gasteiger partial charge on any atom is -0.398 e. The number of nitrogens with one attached hydrogen (secondary N) is 2. The van der Waals surface area contributed by atoms with Crippen LogP contribution in [0.15, 0.2) is 47.5 Å². The average Bonchev–Trinajstić information content (AvgIpc) is 2.48. The Balaban J connectivity index is 2.22. The first-order valence-corrected chi connectivity index (χ1v) is 7.93. The topological polar surface area (TPSA) is 97.1 Å². The van der Waals surface area contributed by atoms with Gasteiger partial charge in [-0.3, -0.25) is 4.98 Å². The third-order valence-electron chi connectivity index (χ3n) is 3.08. The van der Waals surface area contributed by atoms with Crippen molar-refractivity contribution in [2.75, 3.05) is 18.1 Å². The maximum Gasteiger partial charge on any atom is 0.242 e. The van der Waals surface area contributed by atoms with Crippen molar-refractivity contribution in [2.45, 2.75) is 17.9 Å². The van der Waals surface area contributed by atoms with Crippen LogP contribution in [0.2, 0.25) is 0 Å². The van der Waals surface area contributed by atoms with Gasteiger partial charge in [-0.2, -0.15) is 0 Å². The van der Waals surface area contributed by atoms with E-state index in [-0.39, 0.29) is 16.6 Å². The summed E-state index contributed by atoms with van der Waals surface area (Å²) >= 11 is 0. The van der Waals surface area contributed by atoms with Crippen LogP contribution in [0.3, 0.4) is 0 Å². The van der Waals surface area contributed by atoms with Crippen molar-refractivity contribution in [3.05, 3.63) is 48.3 Å². The fourth-order valence-corrected chi connectivity index (χ4v) is 2.79. The summed E-state index contributed by atoms with van der Waals surface area (Å²) in [5.41, 5.74) is 7.65. The molecule has 1 aromatic heterocycles. The van der Waals surface area contributed by atoms with Crippen molar-refractivity contribution in [1.29, 1.82) is 0 Å². The molecular weight excluding hydrogens is 288 g/mol. The van der Waals surface area contributed by atoms with Gasteiger partial charge in [-0.1, -0.05) is 6.07 Å². The molecule has 0 amide bonds. The Morgan fingerprint density at radius 1 is 1.24 bits per heavy atom. The Morgan fingerprint density at radius 3 is 2.57 bits per heavy atom. The summed E-state index contributed by atoms with van der Waals surface area (Å²) in [6.07, 6.45) is 1.73. The number of nitrogen functional groups attached to an aromatic ring is 1. The molecule has 0 saturated carbocycles. The smallest absolute Gasteiger partial charge is 0.242 e. The summed E-state index contributed by atoms with van der Waals surface area (Å²) < 4.78 is 25.8. The number of nitrogens with two attached hydrogens (primary N) is 1. The van der Waals surface area contributed by atoms with Gasteiger partial charge in [-0.05, 0) is 44.3 Å². The van der Waals surface area contributed by atoms with Gasteiger partial charge < -0.3 is 11.1 Å².